The van der Waals surface area contributed by atoms with Crippen LogP contribution in [0.3, 0.4) is 0 Å². The van der Waals surface area contributed by atoms with Gasteiger partial charge in [0.05, 0.1) is 26.4 Å². The van der Waals surface area contributed by atoms with Gasteiger partial charge >= 0.3 is 33.6 Å². The van der Waals surface area contributed by atoms with Gasteiger partial charge in [-0.25, -0.2) is 9.13 Å². The summed E-state index contributed by atoms with van der Waals surface area (Å²) < 4.78 is 61.0. The predicted octanol–water partition coefficient (Wildman–Crippen LogP) is 20.6. The highest BCUT2D eigenvalue weighted by Crippen LogP contribution is 2.45. The number of unbranched alkanes of at least 4 members (excludes halogenated alkanes) is 30. The van der Waals surface area contributed by atoms with Crippen molar-refractivity contribution < 1.29 is 75.8 Å². The predicted molar refractivity (Wildman–Crippen MR) is 381 cm³/mol. The van der Waals surface area contributed by atoms with Crippen molar-refractivity contribution in [1.29, 1.82) is 0 Å². The quantitative estimate of drug-likeness (QED) is 0.0146. The summed E-state index contributed by atoms with van der Waals surface area (Å²) in [6, 6.07) is 0. The Morgan fingerprint density at radius 2 is 0.570 bits per heavy atom. The Morgan fingerprint density at radius 1 is 0.312 bits per heavy atom. The Labute approximate surface area is 565 Å². The molecule has 0 rings (SSSR count). The molecule has 0 aliphatic heterocycles. The van der Waals surface area contributed by atoms with Gasteiger partial charge in [-0.2, -0.15) is 0 Å². The van der Waals surface area contributed by atoms with Gasteiger partial charge in [0.1, 0.15) is 25.4 Å². The Kier molecular flexibility index (Phi) is 65.8. The molecule has 0 radical (unpaired) electrons. The summed E-state index contributed by atoms with van der Waals surface area (Å²) in [5.74, 6) is -1.58. The minimum absolute atomic E-state index is 0.106. The highest BCUT2D eigenvalue weighted by atomic mass is 31.2. The van der Waals surface area contributed by atoms with E-state index < -0.39 is 91.5 Å². The summed E-state index contributed by atoms with van der Waals surface area (Å²) in [5.41, 5.74) is 0. The number of carbonyl (C=O) groups excluding carboxylic acids is 3. The zero-order valence-electron chi connectivity index (χ0n) is 58.4. The van der Waals surface area contributed by atoms with E-state index in [0.29, 0.717) is 19.3 Å². The molecule has 0 aromatic rings. The SMILES string of the molecule is CC/C=C\C/C=C\C/C=C\C/C=C\C/C=C\CCCCCCCCCCCCCC(=O)OCC(O)COP(=O)(O)OCC(O)COP(=O)(O)OCC(COC(=O)CCCCCCCCC/C=C\C/C=C\C/C=C\CC)OC(=O)CCCCCCCCCCCCCCC. The van der Waals surface area contributed by atoms with Crippen LogP contribution in [0, 0.1) is 0 Å². The van der Waals surface area contributed by atoms with E-state index in [2.05, 4.69) is 118 Å². The summed E-state index contributed by atoms with van der Waals surface area (Å²) in [6.45, 7) is 2.46. The first kappa shape index (κ1) is 89.5. The Hall–Kier alpha value is -3.53. The van der Waals surface area contributed by atoms with Crippen LogP contribution in [0.1, 0.15) is 303 Å². The smallest absolute Gasteiger partial charge is 0.463 e. The summed E-state index contributed by atoms with van der Waals surface area (Å²) in [5, 5.41) is 20.6. The van der Waals surface area contributed by atoms with Crippen molar-refractivity contribution in [2.24, 2.45) is 0 Å². The number of rotatable bonds is 69. The van der Waals surface area contributed by atoms with Crippen molar-refractivity contribution in [3.05, 3.63) is 97.2 Å². The second-order valence-electron chi connectivity index (χ2n) is 24.3. The number of esters is 3. The maximum Gasteiger partial charge on any atom is 0.472 e. The largest absolute Gasteiger partial charge is 0.472 e. The Morgan fingerprint density at radius 3 is 0.903 bits per heavy atom. The number of hydrogen-bond donors (Lipinski definition) is 4. The first-order chi connectivity index (χ1) is 45.2. The summed E-state index contributed by atoms with van der Waals surface area (Å²) in [7, 11) is -9.77. The fourth-order valence-corrected chi connectivity index (χ4v) is 11.4. The van der Waals surface area contributed by atoms with E-state index in [9.17, 15) is 43.5 Å². The molecule has 0 saturated heterocycles. The molecule has 93 heavy (non-hydrogen) atoms. The minimum Gasteiger partial charge on any atom is -0.463 e. The number of carbonyl (C=O) groups is 3. The van der Waals surface area contributed by atoms with Crippen LogP contribution in [-0.2, 0) is 55.8 Å². The summed E-state index contributed by atoms with van der Waals surface area (Å²) in [4.78, 5) is 58.4. The minimum atomic E-state index is -4.92. The van der Waals surface area contributed by atoms with Crippen LogP contribution in [0.25, 0.3) is 0 Å². The molecule has 16 nitrogen and oxygen atoms in total. The third-order valence-electron chi connectivity index (χ3n) is 15.3. The van der Waals surface area contributed by atoms with Gasteiger partial charge < -0.3 is 34.2 Å². The van der Waals surface area contributed by atoms with Gasteiger partial charge in [0, 0.05) is 19.3 Å². The number of aliphatic hydroxyl groups is 2. The van der Waals surface area contributed by atoms with E-state index in [4.69, 9.17) is 32.3 Å². The molecule has 18 heteroatoms. The summed E-state index contributed by atoms with van der Waals surface area (Å²) >= 11 is 0. The van der Waals surface area contributed by atoms with E-state index in [-0.39, 0.29) is 19.3 Å². The molecule has 5 unspecified atom stereocenters. The molecular weight excluding hydrogens is 1220 g/mol. The van der Waals surface area contributed by atoms with Crippen molar-refractivity contribution in [1.82, 2.24) is 0 Å². The molecule has 0 aromatic heterocycles. The topological polar surface area (TPSA) is 231 Å². The molecule has 0 aromatic carbocycles. The zero-order chi connectivity index (χ0) is 68.1. The number of hydrogen-bond acceptors (Lipinski definition) is 14. The van der Waals surface area contributed by atoms with E-state index in [1.54, 1.807) is 0 Å². The van der Waals surface area contributed by atoms with Crippen LogP contribution in [0.5, 0.6) is 0 Å². The third kappa shape index (κ3) is 69.6. The van der Waals surface area contributed by atoms with Crippen molar-refractivity contribution in [2.45, 2.75) is 322 Å². The fraction of sp³-hybridized carbons (Fsp3) is 0.747. The van der Waals surface area contributed by atoms with E-state index in [1.807, 2.05) is 0 Å². The fourth-order valence-electron chi connectivity index (χ4n) is 9.79. The first-order valence-electron chi connectivity index (χ1n) is 36.5. The maximum atomic E-state index is 12.9. The average molecular weight is 1350 g/mol. The lowest BCUT2D eigenvalue weighted by Crippen LogP contribution is -2.30. The van der Waals surface area contributed by atoms with E-state index in [0.717, 1.165) is 148 Å². The molecule has 0 spiro atoms. The number of phosphoric ester groups is 2. The molecule has 0 fully saturated rings. The van der Waals surface area contributed by atoms with Crippen molar-refractivity contribution in [3.8, 4) is 0 Å². The molecule has 5 atom stereocenters. The molecule has 0 aliphatic rings. The average Bonchev–Trinajstić information content (AvgIpc) is 2.77. The van der Waals surface area contributed by atoms with Crippen LogP contribution in [-0.4, -0.2) is 95.9 Å². The third-order valence-corrected chi connectivity index (χ3v) is 17.2. The summed E-state index contributed by atoms with van der Waals surface area (Å²) in [6.07, 6.45) is 76.0. The normalized spacial score (nSPS) is 14.7. The second-order valence-corrected chi connectivity index (χ2v) is 27.2. The zero-order valence-corrected chi connectivity index (χ0v) is 60.2. The van der Waals surface area contributed by atoms with Gasteiger partial charge in [-0.15, -0.1) is 0 Å². The molecule has 0 aliphatic carbocycles. The highest BCUT2D eigenvalue weighted by Gasteiger charge is 2.29. The lowest BCUT2D eigenvalue weighted by molar-refractivity contribution is -0.161. The van der Waals surface area contributed by atoms with Crippen LogP contribution in [0.4, 0.5) is 0 Å². The van der Waals surface area contributed by atoms with Crippen molar-refractivity contribution >= 4 is 33.6 Å². The molecule has 538 valence electrons. The first-order valence-corrected chi connectivity index (χ1v) is 39.5. The molecule has 0 heterocycles. The van der Waals surface area contributed by atoms with Gasteiger partial charge in [-0.3, -0.25) is 32.5 Å². The number of aliphatic hydroxyl groups excluding tert-OH is 2. The lowest BCUT2D eigenvalue weighted by atomic mass is 10.0. The van der Waals surface area contributed by atoms with Gasteiger partial charge in [0.25, 0.3) is 0 Å². The molecule has 0 amide bonds. The molecule has 4 N–H and O–H groups in total. The van der Waals surface area contributed by atoms with Gasteiger partial charge in [-0.1, -0.05) is 285 Å². The van der Waals surface area contributed by atoms with Crippen LogP contribution in [0.15, 0.2) is 97.2 Å². The molecule has 0 bridgehead atoms. The number of phosphoric acid groups is 2. The molecular formula is C75H132O16P2. The van der Waals surface area contributed by atoms with Crippen LogP contribution < -0.4 is 0 Å². The van der Waals surface area contributed by atoms with Gasteiger partial charge in [0.2, 0.25) is 0 Å². The van der Waals surface area contributed by atoms with Crippen molar-refractivity contribution in [2.75, 3.05) is 39.6 Å². The molecule has 0 saturated carbocycles. The van der Waals surface area contributed by atoms with E-state index >= 15 is 0 Å². The second kappa shape index (κ2) is 68.4. The lowest BCUT2D eigenvalue weighted by Gasteiger charge is -2.21. The van der Waals surface area contributed by atoms with Gasteiger partial charge in [0.15, 0.2) is 6.10 Å². The highest BCUT2D eigenvalue weighted by molar-refractivity contribution is 7.47. The number of allylic oxidation sites excluding steroid dienone is 16. The van der Waals surface area contributed by atoms with E-state index in [1.165, 1.54) is 96.3 Å². The van der Waals surface area contributed by atoms with Crippen LogP contribution in [0.2, 0.25) is 0 Å². The number of ether oxygens (including phenoxy) is 3. The monoisotopic (exact) mass is 1350 g/mol. The van der Waals surface area contributed by atoms with Gasteiger partial charge in [-0.05, 0) is 96.3 Å². The Bertz CT molecular complexity index is 2080. The van der Waals surface area contributed by atoms with Crippen molar-refractivity contribution in [3.63, 3.8) is 0 Å². The maximum absolute atomic E-state index is 12.9. The Balaban J connectivity index is 4.50. The standard InChI is InChI=1S/C75H132O16P2/c1-4-7-10-13-16-19-22-25-27-29-30-31-32-33-34-35-36-37-38-40-42-44-46-49-52-55-58-61-73(78)85-64-70(76)65-87-92(81,82)88-66-71(77)67-89-93(83,84)90-69-72(91-75(80)63-60-57-54-51-48-43-24-21-18-15-12-9-6-3)68-86-74(79)62-59-56-53-50-47-45-41-39-28-26-23-20-17-14-11-8-5-2/h7-8,10-11,16-17,19-20,25-28,30-31,33-34,70-72,76-77H,4-6,9,12-15,18,21-24,29,32,35-69H2,1-3H3,(H,81,82)(H,83,84)/b10-7-,11-8-,19-16-,20-17-,27-25-,28-26-,31-30-,34-33-. The van der Waals surface area contributed by atoms with Crippen LogP contribution >= 0.6 is 15.6 Å².